The molecule has 0 radical (unpaired) electrons. The fourth-order valence-electron chi connectivity index (χ4n) is 2.85. The van der Waals surface area contributed by atoms with E-state index in [1.54, 1.807) is 72.7 Å². The van der Waals surface area contributed by atoms with Crippen molar-refractivity contribution in [1.29, 1.82) is 0 Å². The molecule has 2 aromatic carbocycles. The van der Waals surface area contributed by atoms with E-state index < -0.39 is 5.91 Å². The third-order valence-electron chi connectivity index (χ3n) is 4.32. The molecule has 0 aliphatic heterocycles. The zero-order valence-electron chi connectivity index (χ0n) is 17.7. The molecule has 0 bridgehead atoms. The number of amides is 2. The van der Waals surface area contributed by atoms with Gasteiger partial charge in [-0.25, -0.2) is 0 Å². The molecule has 0 saturated carbocycles. The van der Waals surface area contributed by atoms with Crippen molar-refractivity contribution in [3.05, 3.63) is 72.1 Å². The van der Waals surface area contributed by atoms with Crippen LogP contribution < -0.4 is 20.1 Å². The average molecular weight is 430 g/mol. The molecular weight excluding hydrogens is 408 g/mol. The van der Waals surface area contributed by atoms with Crippen LogP contribution in [0.1, 0.15) is 15.9 Å². The molecule has 8 heteroatoms. The standard InChI is InChI=1S/C24H22N4O4/c1-4-13-32-21-11-9-17(14-22(21)31-3)10-12-23(29)27-20-8-6-5-7-19(20)24(30)26-18-15-25-28(2)16-18/h1,5-12,14-16H,13H2,2-3H3,(H,26,30)(H,27,29). The molecule has 1 aromatic heterocycles. The molecule has 2 N–H and O–H groups in total. The van der Waals surface area contributed by atoms with Gasteiger partial charge in [-0.1, -0.05) is 24.1 Å². The number of methoxy groups -OCH3 is 1. The minimum absolute atomic E-state index is 0.127. The largest absolute Gasteiger partial charge is 0.493 e. The van der Waals surface area contributed by atoms with Gasteiger partial charge in [0, 0.05) is 19.3 Å². The third-order valence-corrected chi connectivity index (χ3v) is 4.32. The average Bonchev–Trinajstić information content (AvgIpc) is 3.21. The normalized spacial score (nSPS) is 10.4. The summed E-state index contributed by atoms with van der Waals surface area (Å²) in [7, 11) is 3.27. The second kappa shape index (κ2) is 10.5. The summed E-state index contributed by atoms with van der Waals surface area (Å²) in [4.78, 5) is 25.1. The molecule has 3 aromatic rings. The molecule has 162 valence electrons. The van der Waals surface area contributed by atoms with Crippen molar-refractivity contribution in [1.82, 2.24) is 9.78 Å². The Morgan fingerprint density at radius 1 is 1.19 bits per heavy atom. The van der Waals surface area contributed by atoms with Gasteiger partial charge >= 0.3 is 0 Å². The Bertz CT molecular complexity index is 1190. The van der Waals surface area contributed by atoms with Gasteiger partial charge in [-0.05, 0) is 35.9 Å². The Morgan fingerprint density at radius 3 is 2.72 bits per heavy atom. The smallest absolute Gasteiger partial charge is 0.257 e. The number of anilines is 2. The van der Waals surface area contributed by atoms with Crippen LogP contribution in [-0.4, -0.2) is 35.3 Å². The Kier molecular flexibility index (Phi) is 7.28. The highest BCUT2D eigenvalue weighted by molar-refractivity contribution is 6.11. The van der Waals surface area contributed by atoms with Crippen molar-refractivity contribution in [2.45, 2.75) is 0 Å². The number of hydrogen-bond donors (Lipinski definition) is 2. The van der Waals surface area contributed by atoms with E-state index in [0.29, 0.717) is 28.4 Å². The third kappa shape index (κ3) is 5.77. The van der Waals surface area contributed by atoms with Gasteiger partial charge in [0.1, 0.15) is 6.61 Å². The van der Waals surface area contributed by atoms with Crippen molar-refractivity contribution in [3.63, 3.8) is 0 Å². The summed E-state index contributed by atoms with van der Waals surface area (Å²) in [6.07, 6.45) is 11.4. The van der Waals surface area contributed by atoms with Crippen LogP contribution in [0.15, 0.2) is 60.9 Å². The van der Waals surface area contributed by atoms with Crippen LogP contribution in [0.25, 0.3) is 6.08 Å². The van der Waals surface area contributed by atoms with Crippen molar-refractivity contribution < 1.29 is 19.1 Å². The van der Waals surface area contributed by atoms with Crippen LogP contribution in [0.4, 0.5) is 11.4 Å². The molecule has 3 rings (SSSR count). The van der Waals surface area contributed by atoms with Gasteiger partial charge in [-0.2, -0.15) is 5.10 Å². The number of hydrogen-bond acceptors (Lipinski definition) is 5. The minimum Gasteiger partial charge on any atom is -0.493 e. The number of aryl methyl sites for hydroxylation is 1. The zero-order valence-corrected chi connectivity index (χ0v) is 17.7. The van der Waals surface area contributed by atoms with E-state index in [1.165, 1.54) is 13.2 Å². The van der Waals surface area contributed by atoms with Crippen LogP contribution in [0.3, 0.4) is 0 Å². The van der Waals surface area contributed by atoms with Crippen molar-refractivity contribution in [3.8, 4) is 23.8 Å². The lowest BCUT2D eigenvalue weighted by Gasteiger charge is -2.10. The lowest BCUT2D eigenvalue weighted by Crippen LogP contribution is -2.16. The number of carbonyl (C=O) groups excluding carboxylic acids is 2. The minimum atomic E-state index is -0.391. The van der Waals surface area contributed by atoms with E-state index in [9.17, 15) is 9.59 Å². The Balaban J connectivity index is 1.69. The first-order chi connectivity index (χ1) is 15.5. The summed E-state index contributed by atoms with van der Waals surface area (Å²) < 4.78 is 12.3. The maximum atomic E-state index is 12.6. The molecule has 0 fully saturated rings. The fourth-order valence-corrected chi connectivity index (χ4v) is 2.85. The first-order valence-electron chi connectivity index (χ1n) is 9.62. The molecular formula is C24H22N4O4. The Morgan fingerprint density at radius 2 is 2.00 bits per heavy atom. The second-order valence-corrected chi connectivity index (χ2v) is 6.63. The molecule has 0 aliphatic carbocycles. The number of para-hydroxylation sites is 1. The molecule has 0 unspecified atom stereocenters. The van der Waals surface area contributed by atoms with Gasteiger partial charge in [0.25, 0.3) is 5.91 Å². The predicted molar refractivity (Wildman–Crippen MR) is 123 cm³/mol. The summed E-state index contributed by atoms with van der Waals surface area (Å²) in [5.74, 6) is 2.66. The summed E-state index contributed by atoms with van der Waals surface area (Å²) in [5, 5.41) is 9.51. The van der Waals surface area contributed by atoms with Crippen LogP contribution >= 0.6 is 0 Å². The number of ether oxygens (including phenoxy) is 2. The Labute approximate surface area is 185 Å². The number of rotatable bonds is 8. The van der Waals surface area contributed by atoms with Gasteiger partial charge < -0.3 is 20.1 Å². The molecule has 2 amide bonds. The highest BCUT2D eigenvalue weighted by Crippen LogP contribution is 2.28. The van der Waals surface area contributed by atoms with Crippen LogP contribution in [0.5, 0.6) is 11.5 Å². The second-order valence-electron chi connectivity index (χ2n) is 6.63. The molecule has 8 nitrogen and oxygen atoms in total. The van der Waals surface area contributed by atoms with E-state index >= 15 is 0 Å². The van der Waals surface area contributed by atoms with E-state index in [-0.39, 0.29) is 12.5 Å². The zero-order chi connectivity index (χ0) is 22.9. The van der Waals surface area contributed by atoms with Gasteiger partial charge in [0.05, 0.1) is 30.2 Å². The molecule has 0 saturated heterocycles. The molecule has 1 heterocycles. The van der Waals surface area contributed by atoms with E-state index in [2.05, 4.69) is 21.7 Å². The van der Waals surface area contributed by atoms with Crippen LogP contribution in [0.2, 0.25) is 0 Å². The topological polar surface area (TPSA) is 94.5 Å². The number of nitrogens with zero attached hydrogens (tertiary/aromatic N) is 2. The lowest BCUT2D eigenvalue weighted by atomic mass is 10.1. The highest BCUT2D eigenvalue weighted by atomic mass is 16.5. The summed E-state index contributed by atoms with van der Waals surface area (Å²) in [6.45, 7) is 0.127. The molecule has 0 aliphatic rings. The predicted octanol–water partition coefficient (Wildman–Crippen LogP) is 3.34. The van der Waals surface area contributed by atoms with Gasteiger partial charge in [0.15, 0.2) is 11.5 Å². The summed E-state index contributed by atoms with van der Waals surface area (Å²) in [5.41, 5.74) is 2.00. The van der Waals surface area contributed by atoms with Crippen molar-refractivity contribution >= 4 is 29.3 Å². The van der Waals surface area contributed by atoms with Gasteiger partial charge in [0.2, 0.25) is 5.91 Å². The molecule has 0 atom stereocenters. The number of terminal acetylenes is 1. The monoisotopic (exact) mass is 430 g/mol. The molecule has 32 heavy (non-hydrogen) atoms. The SMILES string of the molecule is C#CCOc1ccc(C=CC(=O)Nc2ccccc2C(=O)Nc2cnn(C)c2)cc1OC. The Hall–Kier alpha value is -4.51. The maximum absolute atomic E-state index is 12.6. The van der Waals surface area contributed by atoms with Crippen LogP contribution in [-0.2, 0) is 11.8 Å². The maximum Gasteiger partial charge on any atom is 0.257 e. The molecule has 0 spiro atoms. The van der Waals surface area contributed by atoms with E-state index in [1.807, 2.05) is 0 Å². The fraction of sp³-hybridized carbons (Fsp3) is 0.125. The quantitative estimate of drug-likeness (QED) is 0.422. The van der Waals surface area contributed by atoms with E-state index in [4.69, 9.17) is 15.9 Å². The van der Waals surface area contributed by atoms with Crippen molar-refractivity contribution in [2.75, 3.05) is 24.4 Å². The summed E-state index contributed by atoms with van der Waals surface area (Å²) >= 11 is 0. The number of nitrogens with one attached hydrogen (secondary N) is 2. The van der Waals surface area contributed by atoms with Crippen molar-refractivity contribution in [2.24, 2.45) is 7.05 Å². The van der Waals surface area contributed by atoms with Gasteiger partial charge in [-0.15, -0.1) is 6.42 Å². The first-order valence-corrected chi connectivity index (χ1v) is 9.62. The first kappa shape index (κ1) is 22.2. The van der Waals surface area contributed by atoms with Crippen LogP contribution in [0, 0.1) is 12.3 Å². The highest BCUT2D eigenvalue weighted by Gasteiger charge is 2.13. The number of carbonyl (C=O) groups is 2. The number of aromatic nitrogens is 2. The lowest BCUT2D eigenvalue weighted by molar-refractivity contribution is -0.111. The van der Waals surface area contributed by atoms with E-state index in [0.717, 1.165) is 5.56 Å². The number of benzene rings is 2. The summed E-state index contributed by atoms with van der Waals surface area (Å²) in [6, 6.07) is 12.0. The van der Waals surface area contributed by atoms with Gasteiger partial charge in [-0.3, -0.25) is 14.3 Å².